The highest BCUT2D eigenvalue weighted by Crippen LogP contribution is 2.33. The first-order valence-electron chi connectivity index (χ1n) is 4.45. The lowest BCUT2D eigenvalue weighted by Crippen LogP contribution is -2.24. The van der Waals surface area contributed by atoms with Crippen LogP contribution in [-0.2, 0) is 11.2 Å². The molecule has 3 nitrogen and oxygen atoms in total. The third-order valence-electron chi connectivity index (χ3n) is 2.27. The molecule has 1 aromatic rings. The van der Waals surface area contributed by atoms with Gasteiger partial charge in [0, 0.05) is 12.0 Å². The van der Waals surface area contributed by atoms with E-state index in [-0.39, 0.29) is 17.5 Å². The first-order valence-corrected chi connectivity index (χ1v) is 5.20. The maximum Gasteiger partial charge on any atom is 0.224 e. The van der Waals surface area contributed by atoms with Gasteiger partial charge in [-0.05, 0) is 25.4 Å². The Morgan fingerprint density at radius 1 is 1.29 bits per heavy atom. The van der Waals surface area contributed by atoms with Crippen LogP contribution in [0.1, 0.15) is 31.2 Å². The molecule has 76 valence electrons. The van der Waals surface area contributed by atoms with Crippen molar-refractivity contribution in [2.24, 2.45) is 0 Å². The van der Waals surface area contributed by atoms with Crippen molar-refractivity contribution in [2.45, 2.75) is 32.5 Å². The van der Waals surface area contributed by atoms with Crippen molar-refractivity contribution in [2.75, 3.05) is 0 Å². The van der Waals surface area contributed by atoms with Crippen molar-refractivity contribution in [3.05, 3.63) is 21.7 Å². The van der Waals surface area contributed by atoms with Crippen molar-refractivity contribution in [1.82, 2.24) is 9.97 Å². The van der Waals surface area contributed by atoms with Gasteiger partial charge in [0.25, 0.3) is 0 Å². The van der Waals surface area contributed by atoms with E-state index in [4.69, 9.17) is 27.9 Å². The summed E-state index contributed by atoms with van der Waals surface area (Å²) in [6.45, 7) is 3.95. The van der Waals surface area contributed by atoms with Gasteiger partial charge < -0.3 is 4.74 Å². The Bertz CT molecular complexity index is 370. The van der Waals surface area contributed by atoms with Gasteiger partial charge in [-0.2, -0.15) is 0 Å². The molecular formula is C9H10Cl2N2O. The van der Waals surface area contributed by atoms with Gasteiger partial charge in [-0.1, -0.05) is 11.6 Å². The average molecular weight is 233 g/mol. The van der Waals surface area contributed by atoms with E-state index in [1.165, 1.54) is 0 Å². The fourth-order valence-electron chi connectivity index (χ4n) is 1.75. The van der Waals surface area contributed by atoms with Gasteiger partial charge in [0.15, 0.2) is 0 Å². The summed E-state index contributed by atoms with van der Waals surface area (Å²) in [6, 6.07) is 0. The van der Waals surface area contributed by atoms with Gasteiger partial charge in [0.1, 0.15) is 5.15 Å². The Morgan fingerprint density at radius 3 is 2.71 bits per heavy atom. The molecule has 2 rings (SSSR count). The normalized spacial score (nSPS) is 26.0. The number of aromatic nitrogens is 2. The summed E-state index contributed by atoms with van der Waals surface area (Å²) in [5.41, 5.74) is 1.77. The second-order valence-electron chi connectivity index (χ2n) is 3.44. The number of rotatable bonds is 0. The topological polar surface area (TPSA) is 35.0 Å². The first-order chi connectivity index (χ1) is 6.58. The van der Waals surface area contributed by atoms with Crippen LogP contribution in [0.3, 0.4) is 0 Å². The zero-order valence-electron chi connectivity index (χ0n) is 7.92. The number of hydrogen-bond donors (Lipinski definition) is 0. The van der Waals surface area contributed by atoms with E-state index in [1.54, 1.807) is 0 Å². The number of fused-ring (bicyclic) bond motifs is 1. The minimum Gasteiger partial charge on any atom is -0.370 e. The van der Waals surface area contributed by atoms with E-state index < -0.39 is 0 Å². The molecule has 2 atom stereocenters. The largest absolute Gasteiger partial charge is 0.370 e. The summed E-state index contributed by atoms with van der Waals surface area (Å²) < 4.78 is 5.63. The third-order valence-corrected chi connectivity index (χ3v) is 2.73. The predicted octanol–water partition coefficient (Wildman–Crippen LogP) is 2.81. The molecule has 1 aromatic heterocycles. The van der Waals surface area contributed by atoms with Gasteiger partial charge in [-0.15, -0.1) is 0 Å². The monoisotopic (exact) mass is 232 g/mol. The van der Waals surface area contributed by atoms with Crippen molar-refractivity contribution < 1.29 is 4.74 Å². The van der Waals surface area contributed by atoms with Crippen molar-refractivity contribution in [1.29, 1.82) is 0 Å². The molecule has 14 heavy (non-hydrogen) atoms. The van der Waals surface area contributed by atoms with Crippen molar-refractivity contribution in [3.8, 4) is 0 Å². The summed E-state index contributed by atoms with van der Waals surface area (Å²) in [7, 11) is 0. The minimum absolute atomic E-state index is 0.0569. The van der Waals surface area contributed by atoms with E-state index >= 15 is 0 Å². The number of nitrogens with zero attached hydrogens (tertiary/aromatic N) is 2. The highest BCUT2D eigenvalue weighted by atomic mass is 35.5. The summed E-state index contributed by atoms with van der Waals surface area (Å²) >= 11 is 11.7. The van der Waals surface area contributed by atoms with Crippen LogP contribution in [0.5, 0.6) is 0 Å². The lowest BCUT2D eigenvalue weighted by Gasteiger charge is -2.27. The lowest BCUT2D eigenvalue weighted by molar-refractivity contribution is -0.00614. The van der Waals surface area contributed by atoms with Crippen LogP contribution in [0.25, 0.3) is 0 Å². The number of ether oxygens (including phenoxy) is 1. The van der Waals surface area contributed by atoms with Crippen molar-refractivity contribution in [3.63, 3.8) is 0 Å². The molecule has 0 N–H and O–H groups in total. The molecule has 0 amide bonds. The Balaban J connectivity index is 2.53. The van der Waals surface area contributed by atoms with Gasteiger partial charge in [-0.25, -0.2) is 9.97 Å². The molecule has 0 unspecified atom stereocenters. The SMILES string of the molecule is C[C@H]1Cc2nc(Cl)nc(Cl)c2[C@@H](C)O1. The number of hydrogen-bond acceptors (Lipinski definition) is 3. The molecule has 0 aromatic carbocycles. The fourth-order valence-corrected chi connectivity index (χ4v) is 2.32. The van der Waals surface area contributed by atoms with Gasteiger partial charge in [0.2, 0.25) is 5.28 Å². The maximum absolute atomic E-state index is 5.97. The smallest absolute Gasteiger partial charge is 0.224 e. The van der Waals surface area contributed by atoms with Crippen LogP contribution in [0.15, 0.2) is 0 Å². The molecular weight excluding hydrogens is 223 g/mol. The van der Waals surface area contributed by atoms with E-state index in [1.807, 2.05) is 13.8 Å². The molecule has 0 aliphatic carbocycles. The predicted molar refractivity (Wildman–Crippen MR) is 54.7 cm³/mol. The van der Waals surface area contributed by atoms with E-state index in [9.17, 15) is 0 Å². The lowest BCUT2D eigenvalue weighted by atomic mass is 10.0. The zero-order valence-corrected chi connectivity index (χ0v) is 9.43. The molecule has 0 bridgehead atoms. The van der Waals surface area contributed by atoms with Crippen molar-refractivity contribution >= 4 is 23.2 Å². The van der Waals surface area contributed by atoms with Crippen LogP contribution in [0.4, 0.5) is 0 Å². The Labute approximate surface area is 92.4 Å². The summed E-state index contributed by atoms with van der Waals surface area (Å²) in [6.07, 6.45) is 0.833. The summed E-state index contributed by atoms with van der Waals surface area (Å²) in [5.74, 6) is 0. The highest BCUT2D eigenvalue weighted by molar-refractivity contribution is 6.32. The fraction of sp³-hybridized carbons (Fsp3) is 0.556. The molecule has 0 radical (unpaired) electrons. The van der Waals surface area contributed by atoms with E-state index in [0.717, 1.165) is 17.7 Å². The standard InChI is InChI=1S/C9H10Cl2N2O/c1-4-3-6-7(5(2)14-4)8(10)13-9(11)12-6/h4-5H,3H2,1-2H3/t4-,5+/m0/s1. The van der Waals surface area contributed by atoms with Crippen LogP contribution in [-0.4, -0.2) is 16.1 Å². The third kappa shape index (κ3) is 1.72. The van der Waals surface area contributed by atoms with Crippen LogP contribution in [0, 0.1) is 0 Å². The van der Waals surface area contributed by atoms with Crippen LogP contribution < -0.4 is 0 Å². The zero-order chi connectivity index (χ0) is 10.3. The van der Waals surface area contributed by atoms with Gasteiger partial charge in [0.05, 0.1) is 17.9 Å². The molecule has 0 saturated heterocycles. The average Bonchev–Trinajstić information content (AvgIpc) is 1.99. The molecule has 1 aliphatic rings. The minimum atomic E-state index is -0.0569. The van der Waals surface area contributed by atoms with Crippen LogP contribution in [0.2, 0.25) is 10.4 Å². The molecule has 1 aliphatic heterocycles. The molecule has 0 spiro atoms. The van der Waals surface area contributed by atoms with Gasteiger partial charge in [-0.3, -0.25) is 0 Å². The van der Waals surface area contributed by atoms with E-state index in [2.05, 4.69) is 9.97 Å². The summed E-state index contributed by atoms with van der Waals surface area (Å²) in [4.78, 5) is 8.07. The van der Waals surface area contributed by atoms with Crippen LogP contribution >= 0.6 is 23.2 Å². The Morgan fingerprint density at radius 2 is 2.00 bits per heavy atom. The molecule has 0 fully saturated rings. The molecule has 2 heterocycles. The van der Waals surface area contributed by atoms with Gasteiger partial charge >= 0.3 is 0 Å². The number of halogens is 2. The quantitative estimate of drug-likeness (QED) is 0.510. The molecule has 5 heteroatoms. The molecule has 0 saturated carbocycles. The highest BCUT2D eigenvalue weighted by Gasteiger charge is 2.26. The maximum atomic E-state index is 5.97. The Kier molecular flexibility index (Phi) is 2.64. The summed E-state index contributed by atoms with van der Waals surface area (Å²) in [5, 5.41) is 0.606. The second kappa shape index (κ2) is 3.65. The van der Waals surface area contributed by atoms with E-state index in [0.29, 0.717) is 5.15 Å². The Hall–Kier alpha value is -0.380. The second-order valence-corrected chi connectivity index (χ2v) is 4.13. The first kappa shape index (κ1) is 10.1.